The molecule has 0 amide bonds. The predicted octanol–water partition coefficient (Wildman–Crippen LogP) is 2.83. The third kappa shape index (κ3) is 1.97. The summed E-state index contributed by atoms with van der Waals surface area (Å²) in [6, 6.07) is 8.01. The van der Waals surface area contributed by atoms with Gasteiger partial charge in [-0.3, -0.25) is 9.59 Å². The Morgan fingerprint density at radius 2 is 1.24 bits per heavy atom. The van der Waals surface area contributed by atoms with Gasteiger partial charge in [-0.25, -0.2) is 0 Å². The van der Waals surface area contributed by atoms with Crippen LogP contribution in [-0.4, -0.2) is 20.7 Å². The molecule has 2 aromatic rings. The van der Waals surface area contributed by atoms with Crippen molar-refractivity contribution in [2.24, 2.45) is 0 Å². The largest absolute Gasteiger partial charge is 0.342 e. The molecule has 0 saturated heterocycles. The molecular formula is C17H18N2O2. The Morgan fingerprint density at radius 3 is 1.71 bits per heavy atom. The van der Waals surface area contributed by atoms with E-state index in [2.05, 4.69) is 21.3 Å². The van der Waals surface area contributed by atoms with Crippen molar-refractivity contribution in [3.05, 3.63) is 47.0 Å². The van der Waals surface area contributed by atoms with Gasteiger partial charge in [0.2, 0.25) is 0 Å². The van der Waals surface area contributed by atoms with Crippen molar-refractivity contribution < 1.29 is 9.59 Å². The Morgan fingerprint density at radius 1 is 0.762 bits per heavy atom. The number of nitrogens with zero attached hydrogens (tertiary/aromatic N) is 2. The lowest BCUT2D eigenvalue weighted by molar-refractivity contribution is 0.0947. The lowest BCUT2D eigenvalue weighted by Gasteiger charge is -2.19. The maximum atomic E-state index is 11.9. The van der Waals surface area contributed by atoms with Gasteiger partial charge in [-0.15, -0.1) is 0 Å². The Kier molecular flexibility index (Phi) is 2.84. The van der Waals surface area contributed by atoms with E-state index in [-0.39, 0.29) is 11.6 Å². The molecule has 0 radical (unpaired) electrons. The van der Waals surface area contributed by atoms with E-state index in [0.717, 1.165) is 43.7 Å². The van der Waals surface area contributed by atoms with Gasteiger partial charge in [0.05, 0.1) is 11.4 Å². The standard InChI is InChI=1S/C17H18N2O2/c20-16-3-1-9-18-12(5-7-14(16)18)11-13-6-8-15-17(21)4-2-10-19(13)15/h5-8H,1-4,9-11H2. The summed E-state index contributed by atoms with van der Waals surface area (Å²) in [6.07, 6.45) is 3.98. The van der Waals surface area contributed by atoms with E-state index in [0.29, 0.717) is 12.8 Å². The number of carbonyl (C=O) groups is 2. The minimum absolute atomic E-state index is 0.250. The zero-order chi connectivity index (χ0) is 14.4. The molecule has 0 unspecified atom stereocenters. The second-order valence-corrected chi connectivity index (χ2v) is 5.95. The lowest BCUT2D eigenvalue weighted by Crippen LogP contribution is -2.20. The summed E-state index contributed by atoms with van der Waals surface area (Å²) in [7, 11) is 0. The van der Waals surface area contributed by atoms with Crippen LogP contribution in [0.2, 0.25) is 0 Å². The van der Waals surface area contributed by atoms with E-state index in [4.69, 9.17) is 0 Å². The summed E-state index contributed by atoms with van der Waals surface area (Å²) in [4.78, 5) is 23.8. The van der Waals surface area contributed by atoms with Crippen molar-refractivity contribution in [2.45, 2.75) is 45.2 Å². The van der Waals surface area contributed by atoms with Crippen LogP contribution in [0.25, 0.3) is 0 Å². The zero-order valence-corrected chi connectivity index (χ0v) is 12.0. The molecule has 21 heavy (non-hydrogen) atoms. The Labute approximate surface area is 123 Å². The monoisotopic (exact) mass is 282 g/mol. The van der Waals surface area contributed by atoms with E-state index in [1.807, 2.05) is 12.1 Å². The highest BCUT2D eigenvalue weighted by Gasteiger charge is 2.22. The highest BCUT2D eigenvalue weighted by Crippen LogP contribution is 2.24. The fourth-order valence-corrected chi connectivity index (χ4v) is 3.58. The average molecular weight is 282 g/mol. The van der Waals surface area contributed by atoms with Crippen molar-refractivity contribution in [2.75, 3.05) is 0 Å². The molecule has 4 heteroatoms. The van der Waals surface area contributed by atoms with Gasteiger partial charge in [-0.1, -0.05) is 0 Å². The van der Waals surface area contributed by atoms with Gasteiger partial charge in [0.1, 0.15) is 0 Å². The fraction of sp³-hybridized carbons (Fsp3) is 0.412. The van der Waals surface area contributed by atoms with Gasteiger partial charge in [-0.2, -0.15) is 0 Å². The van der Waals surface area contributed by atoms with Gasteiger partial charge in [0, 0.05) is 43.7 Å². The van der Waals surface area contributed by atoms with Crippen molar-refractivity contribution in [1.29, 1.82) is 0 Å². The molecular weight excluding hydrogens is 264 g/mol. The third-order valence-electron chi connectivity index (χ3n) is 4.65. The van der Waals surface area contributed by atoms with E-state index in [1.165, 1.54) is 11.4 Å². The van der Waals surface area contributed by atoms with Gasteiger partial charge < -0.3 is 9.13 Å². The smallest absolute Gasteiger partial charge is 0.179 e. The first-order chi connectivity index (χ1) is 10.2. The number of rotatable bonds is 2. The van der Waals surface area contributed by atoms with Crippen LogP contribution >= 0.6 is 0 Å². The van der Waals surface area contributed by atoms with Crippen LogP contribution in [0.15, 0.2) is 24.3 Å². The molecule has 4 nitrogen and oxygen atoms in total. The summed E-state index contributed by atoms with van der Waals surface area (Å²) in [5.41, 5.74) is 4.05. The van der Waals surface area contributed by atoms with Crippen LogP contribution < -0.4 is 0 Å². The van der Waals surface area contributed by atoms with Crippen molar-refractivity contribution in [1.82, 2.24) is 9.13 Å². The predicted molar refractivity (Wildman–Crippen MR) is 78.8 cm³/mol. The summed E-state index contributed by atoms with van der Waals surface area (Å²) in [5, 5.41) is 0. The highest BCUT2D eigenvalue weighted by molar-refractivity contribution is 5.96. The number of hydrogen-bond donors (Lipinski definition) is 0. The molecule has 2 aliphatic heterocycles. The van der Waals surface area contributed by atoms with E-state index < -0.39 is 0 Å². The van der Waals surface area contributed by atoms with Crippen LogP contribution in [0.3, 0.4) is 0 Å². The lowest BCUT2D eigenvalue weighted by atomic mass is 10.1. The summed E-state index contributed by atoms with van der Waals surface area (Å²) in [6.45, 7) is 1.85. The molecule has 0 spiro atoms. The number of carbonyl (C=O) groups excluding carboxylic acids is 2. The molecule has 0 saturated carbocycles. The molecule has 0 fully saturated rings. The molecule has 0 aromatic carbocycles. The maximum Gasteiger partial charge on any atom is 0.179 e. The molecule has 0 bridgehead atoms. The van der Waals surface area contributed by atoms with Gasteiger partial charge >= 0.3 is 0 Å². The van der Waals surface area contributed by atoms with Gasteiger partial charge in [-0.05, 0) is 37.1 Å². The van der Waals surface area contributed by atoms with Crippen LogP contribution in [0.4, 0.5) is 0 Å². The first-order valence-corrected chi connectivity index (χ1v) is 7.67. The number of Topliss-reactive ketones (excluding diaryl/α,β-unsaturated/α-hetero) is 2. The summed E-state index contributed by atoms with van der Waals surface area (Å²) >= 11 is 0. The van der Waals surface area contributed by atoms with E-state index >= 15 is 0 Å². The molecule has 4 rings (SSSR count). The average Bonchev–Trinajstić information content (AvgIpc) is 3.07. The Balaban J connectivity index is 1.69. The third-order valence-corrected chi connectivity index (χ3v) is 4.65. The van der Waals surface area contributed by atoms with Gasteiger partial charge in [0.15, 0.2) is 11.6 Å². The zero-order valence-electron chi connectivity index (χ0n) is 12.0. The Bertz CT molecular complexity index is 674. The van der Waals surface area contributed by atoms with Crippen LogP contribution in [0, 0.1) is 0 Å². The first kappa shape index (κ1) is 12.6. The van der Waals surface area contributed by atoms with Crippen LogP contribution in [0.1, 0.15) is 58.0 Å². The molecule has 0 aliphatic carbocycles. The molecule has 0 N–H and O–H groups in total. The quantitative estimate of drug-likeness (QED) is 0.850. The first-order valence-electron chi connectivity index (χ1n) is 7.67. The summed E-state index contributed by atoms with van der Waals surface area (Å²) < 4.78 is 4.30. The summed E-state index contributed by atoms with van der Waals surface area (Å²) in [5.74, 6) is 0.500. The van der Waals surface area contributed by atoms with E-state index in [1.54, 1.807) is 0 Å². The molecule has 108 valence electrons. The molecule has 2 aromatic heterocycles. The minimum atomic E-state index is 0.250. The van der Waals surface area contributed by atoms with Crippen molar-refractivity contribution in [3.63, 3.8) is 0 Å². The maximum absolute atomic E-state index is 11.9. The molecule has 4 heterocycles. The second kappa shape index (κ2) is 4.72. The second-order valence-electron chi connectivity index (χ2n) is 5.95. The van der Waals surface area contributed by atoms with Crippen molar-refractivity contribution in [3.8, 4) is 0 Å². The number of fused-ring (bicyclic) bond motifs is 2. The SMILES string of the molecule is O=C1CCCn2c(Cc3ccc4n3CCCC4=O)ccc21. The number of ketones is 2. The number of hydrogen-bond acceptors (Lipinski definition) is 2. The van der Waals surface area contributed by atoms with Crippen LogP contribution in [0.5, 0.6) is 0 Å². The Hall–Kier alpha value is -2.10. The highest BCUT2D eigenvalue weighted by atomic mass is 16.1. The molecule has 2 aliphatic rings. The number of aromatic nitrogens is 2. The van der Waals surface area contributed by atoms with Crippen LogP contribution in [-0.2, 0) is 19.5 Å². The van der Waals surface area contributed by atoms with Gasteiger partial charge in [0.25, 0.3) is 0 Å². The molecule has 0 atom stereocenters. The topological polar surface area (TPSA) is 44.0 Å². The van der Waals surface area contributed by atoms with E-state index in [9.17, 15) is 9.59 Å². The fourth-order valence-electron chi connectivity index (χ4n) is 3.58. The normalized spacial score (nSPS) is 17.7. The minimum Gasteiger partial charge on any atom is -0.342 e. The van der Waals surface area contributed by atoms with Crippen molar-refractivity contribution >= 4 is 11.6 Å².